The molecule has 1 aromatic heterocycles. The molecule has 6 heteroatoms. The summed E-state index contributed by atoms with van der Waals surface area (Å²) in [7, 11) is 2.04. The predicted molar refractivity (Wildman–Crippen MR) is 88.3 cm³/mol. The Bertz CT molecular complexity index is 737. The Morgan fingerprint density at radius 3 is 2.71 bits per heavy atom. The van der Waals surface area contributed by atoms with Crippen molar-refractivity contribution in [3.63, 3.8) is 0 Å². The highest BCUT2D eigenvalue weighted by atomic mass is 19.1. The molecule has 128 valence electrons. The number of carbonyl (C=O) groups is 1. The van der Waals surface area contributed by atoms with Crippen LogP contribution in [-0.4, -0.2) is 33.5 Å². The zero-order valence-electron chi connectivity index (χ0n) is 14.3. The minimum Gasteiger partial charge on any atom is -0.484 e. The smallest absolute Gasteiger partial charge is 0.260 e. The third-order valence-electron chi connectivity index (χ3n) is 4.34. The van der Waals surface area contributed by atoms with E-state index in [0.717, 1.165) is 17.9 Å². The van der Waals surface area contributed by atoms with E-state index >= 15 is 0 Å². The Morgan fingerprint density at radius 2 is 2.04 bits per heavy atom. The van der Waals surface area contributed by atoms with Gasteiger partial charge in [0.25, 0.3) is 5.91 Å². The molecular formula is C18H22FN3O2. The summed E-state index contributed by atoms with van der Waals surface area (Å²) in [5, 5.41) is 0. The first kappa shape index (κ1) is 16.5. The number of aromatic nitrogens is 2. The molecule has 0 fully saturated rings. The molecule has 5 nitrogen and oxygen atoms in total. The van der Waals surface area contributed by atoms with Crippen LogP contribution >= 0.6 is 0 Å². The normalized spacial score (nSPS) is 14.0. The van der Waals surface area contributed by atoms with Gasteiger partial charge in [0.2, 0.25) is 0 Å². The van der Waals surface area contributed by atoms with Crippen LogP contribution in [0.5, 0.6) is 5.75 Å². The van der Waals surface area contributed by atoms with Gasteiger partial charge in [0, 0.05) is 31.6 Å². The molecule has 0 bridgehead atoms. The van der Waals surface area contributed by atoms with Crippen molar-refractivity contribution in [2.45, 2.75) is 32.7 Å². The zero-order valence-corrected chi connectivity index (χ0v) is 14.3. The largest absolute Gasteiger partial charge is 0.484 e. The summed E-state index contributed by atoms with van der Waals surface area (Å²) in [6.07, 6.45) is 0.799. The summed E-state index contributed by atoms with van der Waals surface area (Å²) >= 11 is 0. The van der Waals surface area contributed by atoms with Crippen LogP contribution in [0.2, 0.25) is 0 Å². The van der Waals surface area contributed by atoms with Crippen LogP contribution in [0.3, 0.4) is 0 Å². The highest BCUT2D eigenvalue weighted by Crippen LogP contribution is 2.23. The quantitative estimate of drug-likeness (QED) is 0.865. The van der Waals surface area contributed by atoms with Crippen molar-refractivity contribution in [1.82, 2.24) is 14.5 Å². The van der Waals surface area contributed by atoms with Gasteiger partial charge in [-0.3, -0.25) is 4.79 Å². The Kier molecular flexibility index (Phi) is 4.55. The molecule has 1 aliphatic rings. The maximum absolute atomic E-state index is 12.9. The SMILES string of the molecule is CC(C)c1nc2c(n1C)CCN(C(=O)COc1ccc(F)cc1)C2. The molecule has 0 aliphatic carbocycles. The van der Waals surface area contributed by atoms with E-state index in [9.17, 15) is 9.18 Å². The lowest BCUT2D eigenvalue weighted by molar-refractivity contribution is -0.134. The topological polar surface area (TPSA) is 47.4 Å². The van der Waals surface area contributed by atoms with E-state index in [2.05, 4.69) is 18.4 Å². The second kappa shape index (κ2) is 6.63. The van der Waals surface area contributed by atoms with Crippen LogP contribution in [0.25, 0.3) is 0 Å². The molecule has 0 atom stereocenters. The van der Waals surface area contributed by atoms with Crippen molar-refractivity contribution in [2.75, 3.05) is 13.2 Å². The van der Waals surface area contributed by atoms with Crippen molar-refractivity contribution in [3.05, 3.63) is 47.3 Å². The van der Waals surface area contributed by atoms with Crippen molar-refractivity contribution in [2.24, 2.45) is 7.05 Å². The molecular weight excluding hydrogens is 309 g/mol. The number of fused-ring (bicyclic) bond motifs is 1. The van der Waals surface area contributed by atoms with Gasteiger partial charge in [0.1, 0.15) is 17.4 Å². The first-order valence-electron chi connectivity index (χ1n) is 8.16. The van der Waals surface area contributed by atoms with E-state index < -0.39 is 0 Å². The van der Waals surface area contributed by atoms with Crippen LogP contribution < -0.4 is 4.74 Å². The average molecular weight is 331 g/mol. The molecule has 24 heavy (non-hydrogen) atoms. The fourth-order valence-electron chi connectivity index (χ4n) is 3.05. The number of hydrogen-bond donors (Lipinski definition) is 0. The fourth-order valence-corrected chi connectivity index (χ4v) is 3.05. The number of carbonyl (C=O) groups excluding carboxylic acids is 1. The van der Waals surface area contributed by atoms with Crippen molar-refractivity contribution >= 4 is 5.91 Å². The molecule has 1 aromatic carbocycles. The molecule has 0 spiro atoms. The lowest BCUT2D eigenvalue weighted by Crippen LogP contribution is -2.39. The summed E-state index contributed by atoms with van der Waals surface area (Å²) in [4.78, 5) is 18.8. The standard InChI is InChI=1S/C18H22FN3O2/c1-12(2)18-20-15-10-22(9-8-16(15)21(18)3)17(23)11-24-14-6-4-13(19)5-7-14/h4-7,12H,8-11H2,1-3H3. The highest BCUT2D eigenvalue weighted by Gasteiger charge is 2.26. The molecule has 0 saturated carbocycles. The number of halogens is 1. The van der Waals surface area contributed by atoms with E-state index in [0.29, 0.717) is 24.8 Å². The second-order valence-corrected chi connectivity index (χ2v) is 6.38. The molecule has 1 aliphatic heterocycles. The first-order valence-corrected chi connectivity index (χ1v) is 8.16. The van der Waals surface area contributed by atoms with Gasteiger partial charge in [0.15, 0.2) is 6.61 Å². The number of rotatable bonds is 4. The number of nitrogens with zero attached hydrogens (tertiary/aromatic N) is 3. The lowest BCUT2D eigenvalue weighted by Gasteiger charge is -2.26. The molecule has 3 rings (SSSR count). The minimum absolute atomic E-state index is 0.0508. The van der Waals surface area contributed by atoms with Gasteiger partial charge < -0.3 is 14.2 Å². The summed E-state index contributed by atoms with van der Waals surface area (Å²) in [6, 6.07) is 5.66. The molecule has 0 radical (unpaired) electrons. The van der Waals surface area contributed by atoms with Gasteiger partial charge in [-0.15, -0.1) is 0 Å². The van der Waals surface area contributed by atoms with Gasteiger partial charge in [0.05, 0.1) is 12.2 Å². The van der Waals surface area contributed by atoms with E-state index in [1.807, 2.05) is 7.05 Å². The summed E-state index contributed by atoms with van der Waals surface area (Å²) in [5.41, 5.74) is 2.18. The number of benzene rings is 1. The van der Waals surface area contributed by atoms with E-state index in [-0.39, 0.29) is 18.3 Å². The lowest BCUT2D eigenvalue weighted by atomic mass is 10.1. The number of ether oxygens (including phenoxy) is 1. The summed E-state index contributed by atoms with van der Waals surface area (Å²) < 4.78 is 20.5. The van der Waals surface area contributed by atoms with Gasteiger partial charge in [-0.1, -0.05) is 13.8 Å². The highest BCUT2D eigenvalue weighted by molar-refractivity contribution is 5.78. The van der Waals surface area contributed by atoms with Crippen LogP contribution in [0.4, 0.5) is 4.39 Å². The first-order chi connectivity index (χ1) is 11.5. The fraction of sp³-hybridized carbons (Fsp3) is 0.444. The summed E-state index contributed by atoms with van der Waals surface area (Å²) in [6.45, 7) is 5.36. The van der Waals surface area contributed by atoms with E-state index in [4.69, 9.17) is 9.72 Å². The molecule has 2 heterocycles. The zero-order chi connectivity index (χ0) is 17.3. The Hall–Kier alpha value is -2.37. The Labute approximate surface area is 141 Å². The number of amides is 1. The summed E-state index contributed by atoms with van der Waals surface area (Å²) in [5.74, 6) is 1.49. The van der Waals surface area contributed by atoms with Gasteiger partial charge in [-0.2, -0.15) is 0 Å². The molecule has 0 N–H and O–H groups in total. The van der Waals surface area contributed by atoms with Crippen LogP contribution in [-0.2, 0) is 24.8 Å². The second-order valence-electron chi connectivity index (χ2n) is 6.38. The van der Waals surface area contributed by atoms with Crippen molar-refractivity contribution in [3.8, 4) is 5.75 Å². The van der Waals surface area contributed by atoms with Crippen molar-refractivity contribution in [1.29, 1.82) is 0 Å². The monoisotopic (exact) mass is 331 g/mol. The predicted octanol–water partition coefficient (Wildman–Crippen LogP) is 2.65. The Balaban J connectivity index is 1.63. The molecule has 1 amide bonds. The van der Waals surface area contributed by atoms with Gasteiger partial charge >= 0.3 is 0 Å². The van der Waals surface area contributed by atoms with Crippen LogP contribution in [0, 0.1) is 5.82 Å². The molecule has 0 saturated heterocycles. The van der Waals surface area contributed by atoms with Crippen LogP contribution in [0.15, 0.2) is 24.3 Å². The third-order valence-corrected chi connectivity index (χ3v) is 4.34. The van der Waals surface area contributed by atoms with Gasteiger partial charge in [-0.05, 0) is 24.3 Å². The average Bonchev–Trinajstić information content (AvgIpc) is 2.90. The van der Waals surface area contributed by atoms with Crippen molar-refractivity contribution < 1.29 is 13.9 Å². The van der Waals surface area contributed by atoms with Crippen LogP contribution in [0.1, 0.15) is 37.0 Å². The molecule has 2 aromatic rings. The number of imidazole rings is 1. The third kappa shape index (κ3) is 3.27. The molecule has 0 unspecified atom stereocenters. The maximum Gasteiger partial charge on any atom is 0.260 e. The van der Waals surface area contributed by atoms with Gasteiger partial charge in [-0.25, -0.2) is 9.37 Å². The maximum atomic E-state index is 12.9. The van der Waals surface area contributed by atoms with E-state index in [1.54, 1.807) is 4.90 Å². The van der Waals surface area contributed by atoms with E-state index in [1.165, 1.54) is 30.0 Å². The number of hydrogen-bond acceptors (Lipinski definition) is 3. The Morgan fingerprint density at radius 1 is 1.33 bits per heavy atom. The minimum atomic E-state index is -0.326.